The Labute approximate surface area is 141 Å². The van der Waals surface area contributed by atoms with Gasteiger partial charge in [-0.3, -0.25) is 9.59 Å². The zero-order chi connectivity index (χ0) is 16.7. The second-order valence-electron chi connectivity index (χ2n) is 5.52. The first-order valence-corrected chi connectivity index (χ1v) is 8.56. The number of Topliss-reactive ketones (excluding diaryl/α,β-unsaturated/α-hetero) is 1. The number of benzene rings is 2. The van der Waals surface area contributed by atoms with E-state index in [4.69, 9.17) is 0 Å². The van der Waals surface area contributed by atoms with E-state index in [0.717, 1.165) is 10.5 Å². The average Bonchev–Trinajstić information content (AvgIpc) is 2.54. The van der Waals surface area contributed by atoms with E-state index in [1.165, 1.54) is 24.2 Å². The van der Waals surface area contributed by atoms with Crippen molar-refractivity contribution in [3.63, 3.8) is 0 Å². The van der Waals surface area contributed by atoms with Crippen LogP contribution in [0.15, 0.2) is 59.5 Å². The molecule has 2 rings (SSSR count). The molecule has 0 bridgehead atoms. The van der Waals surface area contributed by atoms with Crippen LogP contribution in [0.5, 0.6) is 0 Å². The van der Waals surface area contributed by atoms with Gasteiger partial charge in [0, 0.05) is 4.90 Å². The van der Waals surface area contributed by atoms with Gasteiger partial charge in [0.05, 0.1) is 11.8 Å². The number of amides is 1. The lowest BCUT2D eigenvalue weighted by Gasteiger charge is -2.16. The molecule has 0 aliphatic carbocycles. The molecule has 1 amide bonds. The fourth-order valence-corrected chi connectivity index (χ4v) is 2.88. The monoisotopic (exact) mass is 327 g/mol. The molecule has 3 nitrogen and oxygen atoms in total. The number of hydrogen-bond acceptors (Lipinski definition) is 3. The molecule has 1 atom stereocenters. The lowest BCUT2D eigenvalue weighted by Crippen LogP contribution is -2.42. The molecule has 120 valence electrons. The van der Waals surface area contributed by atoms with Gasteiger partial charge in [0.1, 0.15) is 0 Å². The van der Waals surface area contributed by atoms with Gasteiger partial charge in [-0.2, -0.15) is 0 Å². The minimum absolute atomic E-state index is 0.0254. The standard InChI is InChI=1S/C19H21NO2S/c1-14-8-10-17(11-9-14)23-13-19(22)20-18(15(2)21)12-16-6-4-3-5-7-16/h3-11,18H,12-13H2,1-2H3,(H,20,22). The van der Waals surface area contributed by atoms with Gasteiger partial charge in [-0.1, -0.05) is 48.0 Å². The van der Waals surface area contributed by atoms with Gasteiger partial charge in [-0.25, -0.2) is 0 Å². The molecule has 0 heterocycles. The number of aryl methyl sites for hydroxylation is 1. The zero-order valence-corrected chi connectivity index (χ0v) is 14.2. The smallest absolute Gasteiger partial charge is 0.230 e. The summed E-state index contributed by atoms with van der Waals surface area (Å²) in [6.45, 7) is 3.54. The van der Waals surface area contributed by atoms with Crippen LogP contribution >= 0.6 is 11.8 Å². The summed E-state index contributed by atoms with van der Waals surface area (Å²) in [5.41, 5.74) is 2.23. The van der Waals surface area contributed by atoms with Gasteiger partial charge in [0.25, 0.3) is 0 Å². The van der Waals surface area contributed by atoms with Crippen molar-refractivity contribution in [3.8, 4) is 0 Å². The minimum atomic E-state index is -0.469. The molecule has 0 saturated carbocycles. The van der Waals surface area contributed by atoms with Crippen molar-refractivity contribution in [1.82, 2.24) is 5.32 Å². The summed E-state index contributed by atoms with van der Waals surface area (Å²) in [6, 6.07) is 17.3. The molecule has 0 aromatic heterocycles. The van der Waals surface area contributed by atoms with Crippen molar-refractivity contribution in [1.29, 1.82) is 0 Å². The topological polar surface area (TPSA) is 46.2 Å². The maximum atomic E-state index is 12.1. The number of carbonyl (C=O) groups is 2. The summed E-state index contributed by atoms with van der Waals surface area (Å²) in [5.74, 6) is 0.163. The second kappa shape index (κ2) is 8.53. The fourth-order valence-electron chi connectivity index (χ4n) is 2.17. The van der Waals surface area contributed by atoms with Crippen LogP contribution in [0.3, 0.4) is 0 Å². The molecular weight excluding hydrogens is 306 g/mol. The van der Waals surface area contributed by atoms with E-state index >= 15 is 0 Å². The quantitative estimate of drug-likeness (QED) is 0.793. The van der Waals surface area contributed by atoms with Crippen LogP contribution in [-0.2, 0) is 16.0 Å². The van der Waals surface area contributed by atoms with E-state index in [-0.39, 0.29) is 11.7 Å². The van der Waals surface area contributed by atoms with Gasteiger partial charge in [0.15, 0.2) is 5.78 Å². The first-order valence-electron chi connectivity index (χ1n) is 7.58. The van der Waals surface area contributed by atoms with Crippen molar-refractivity contribution in [2.24, 2.45) is 0 Å². The lowest BCUT2D eigenvalue weighted by molar-refractivity contribution is -0.125. The molecule has 23 heavy (non-hydrogen) atoms. The van der Waals surface area contributed by atoms with E-state index in [1.54, 1.807) is 0 Å². The Morgan fingerprint density at radius 3 is 2.30 bits per heavy atom. The number of hydrogen-bond donors (Lipinski definition) is 1. The van der Waals surface area contributed by atoms with Crippen LogP contribution in [0.25, 0.3) is 0 Å². The highest BCUT2D eigenvalue weighted by atomic mass is 32.2. The molecule has 0 radical (unpaired) electrons. The maximum Gasteiger partial charge on any atom is 0.230 e. The third-order valence-electron chi connectivity index (χ3n) is 3.50. The summed E-state index contributed by atoms with van der Waals surface area (Å²) in [6.07, 6.45) is 0.525. The Hall–Kier alpha value is -2.07. The number of nitrogens with one attached hydrogen (secondary N) is 1. The molecular formula is C19H21NO2S. The van der Waals surface area contributed by atoms with Gasteiger partial charge < -0.3 is 5.32 Å². The van der Waals surface area contributed by atoms with E-state index in [2.05, 4.69) is 5.32 Å². The highest BCUT2D eigenvalue weighted by Gasteiger charge is 2.17. The zero-order valence-electron chi connectivity index (χ0n) is 13.4. The Morgan fingerprint density at radius 2 is 1.70 bits per heavy atom. The molecule has 0 spiro atoms. The Morgan fingerprint density at radius 1 is 1.04 bits per heavy atom. The van der Waals surface area contributed by atoms with Crippen molar-refractivity contribution < 1.29 is 9.59 Å². The molecule has 0 aliphatic rings. The fraction of sp³-hybridized carbons (Fsp3) is 0.263. The summed E-state index contributed by atoms with van der Waals surface area (Å²) < 4.78 is 0. The third-order valence-corrected chi connectivity index (χ3v) is 4.51. The predicted molar refractivity (Wildman–Crippen MR) is 94.7 cm³/mol. The number of carbonyl (C=O) groups excluding carboxylic acids is 2. The Balaban J connectivity index is 1.88. The van der Waals surface area contributed by atoms with Gasteiger partial charge in [-0.05, 0) is 38.0 Å². The van der Waals surface area contributed by atoms with Crippen molar-refractivity contribution in [3.05, 3.63) is 65.7 Å². The van der Waals surface area contributed by atoms with Crippen LogP contribution in [0.2, 0.25) is 0 Å². The Bertz CT molecular complexity index is 653. The molecule has 1 N–H and O–H groups in total. The van der Waals surface area contributed by atoms with Gasteiger partial charge >= 0.3 is 0 Å². The average molecular weight is 327 g/mol. The molecule has 4 heteroatoms. The van der Waals surface area contributed by atoms with Crippen LogP contribution in [-0.4, -0.2) is 23.5 Å². The van der Waals surface area contributed by atoms with Crippen molar-refractivity contribution in [2.75, 3.05) is 5.75 Å². The summed E-state index contributed by atoms with van der Waals surface area (Å²) >= 11 is 1.47. The van der Waals surface area contributed by atoms with E-state index in [9.17, 15) is 9.59 Å². The van der Waals surface area contributed by atoms with Crippen LogP contribution < -0.4 is 5.32 Å². The lowest BCUT2D eigenvalue weighted by atomic mass is 10.0. The molecule has 2 aromatic rings. The van der Waals surface area contributed by atoms with Gasteiger partial charge in [-0.15, -0.1) is 11.8 Å². The third kappa shape index (κ3) is 5.91. The molecule has 1 unspecified atom stereocenters. The molecule has 0 fully saturated rings. The van der Waals surface area contributed by atoms with Crippen molar-refractivity contribution >= 4 is 23.5 Å². The van der Waals surface area contributed by atoms with E-state index < -0.39 is 6.04 Å². The van der Waals surface area contributed by atoms with Gasteiger partial charge in [0.2, 0.25) is 5.91 Å². The number of ketones is 1. The second-order valence-corrected chi connectivity index (χ2v) is 6.57. The summed E-state index contributed by atoms with van der Waals surface area (Å²) in [4.78, 5) is 24.9. The van der Waals surface area contributed by atoms with Crippen LogP contribution in [0, 0.1) is 6.92 Å². The predicted octanol–water partition coefficient (Wildman–Crippen LogP) is 3.40. The molecule has 0 saturated heterocycles. The van der Waals surface area contributed by atoms with E-state index in [1.807, 2.05) is 61.5 Å². The minimum Gasteiger partial charge on any atom is -0.345 e. The number of rotatable bonds is 7. The van der Waals surface area contributed by atoms with Crippen molar-refractivity contribution in [2.45, 2.75) is 31.2 Å². The summed E-state index contributed by atoms with van der Waals surface area (Å²) in [5, 5.41) is 2.84. The normalized spacial score (nSPS) is 11.7. The first kappa shape index (κ1) is 17.3. The maximum absolute atomic E-state index is 12.1. The van der Waals surface area contributed by atoms with Crippen LogP contribution in [0.1, 0.15) is 18.1 Å². The summed E-state index contributed by atoms with van der Waals surface area (Å²) in [7, 11) is 0. The van der Waals surface area contributed by atoms with Crippen LogP contribution in [0.4, 0.5) is 0 Å². The highest BCUT2D eigenvalue weighted by Crippen LogP contribution is 2.18. The SMILES string of the molecule is CC(=O)C(Cc1ccccc1)NC(=O)CSc1ccc(C)cc1. The Kier molecular flexibility index (Phi) is 6.41. The first-order chi connectivity index (χ1) is 11.0. The number of thioether (sulfide) groups is 1. The van der Waals surface area contributed by atoms with E-state index in [0.29, 0.717) is 12.2 Å². The molecule has 2 aromatic carbocycles. The largest absolute Gasteiger partial charge is 0.345 e. The molecule has 0 aliphatic heterocycles. The highest BCUT2D eigenvalue weighted by molar-refractivity contribution is 8.00.